The molecule has 70 valence electrons. The summed E-state index contributed by atoms with van der Waals surface area (Å²) in [5.41, 5.74) is 0. The van der Waals surface area contributed by atoms with Crippen molar-refractivity contribution >= 4 is 11.9 Å². The monoisotopic (exact) mass is 172 g/mol. The molecule has 0 radical (unpaired) electrons. The van der Waals surface area contributed by atoms with Crippen molar-refractivity contribution in [2.24, 2.45) is 0 Å². The van der Waals surface area contributed by atoms with E-state index in [1.165, 1.54) is 6.92 Å². The smallest absolute Gasteiger partial charge is 0.313 e. The quantitative estimate of drug-likeness (QED) is 0.362. The number of rotatable bonds is 5. The lowest BCUT2D eigenvalue weighted by Crippen LogP contribution is -2.08. The maximum Gasteiger partial charge on any atom is 0.313 e. The Morgan fingerprint density at radius 3 is 2.33 bits per heavy atom. The van der Waals surface area contributed by atoms with Crippen LogP contribution in [0.3, 0.4) is 0 Å². The first-order chi connectivity index (χ1) is 5.66. The summed E-state index contributed by atoms with van der Waals surface area (Å²) >= 11 is 0. The van der Waals surface area contributed by atoms with Gasteiger partial charge in [0.15, 0.2) is 0 Å². The molecule has 0 saturated heterocycles. The van der Waals surface area contributed by atoms with E-state index in [-0.39, 0.29) is 0 Å². The Morgan fingerprint density at radius 2 is 1.83 bits per heavy atom. The van der Waals surface area contributed by atoms with Gasteiger partial charge in [0.25, 0.3) is 0 Å². The number of unbranched alkanes of at least 4 members (excludes halogenated alkanes) is 3. The Morgan fingerprint density at radius 1 is 1.17 bits per heavy atom. The third kappa shape index (κ3) is 7.25. The third-order valence-corrected chi connectivity index (χ3v) is 1.49. The van der Waals surface area contributed by atoms with E-state index in [0.29, 0.717) is 6.42 Å². The molecular formula is C9H16O3. The Bertz CT molecular complexity index is 152. The zero-order valence-corrected chi connectivity index (χ0v) is 7.76. The highest BCUT2D eigenvalue weighted by Crippen LogP contribution is 2.03. The summed E-state index contributed by atoms with van der Waals surface area (Å²) in [6, 6.07) is 0. The Labute approximate surface area is 73.1 Å². The number of carbonyl (C=O) groups is 2. The minimum atomic E-state index is -0.518. The number of hydrogen-bond donors (Lipinski definition) is 0. The summed E-state index contributed by atoms with van der Waals surface area (Å²) in [4.78, 5) is 21.1. The molecule has 0 spiro atoms. The van der Waals surface area contributed by atoms with E-state index in [0.717, 1.165) is 25.7 Å². The minimum Gasteiger partial charge on any atom is -0.393 e. The average molecular weight is 172 g/mol. The Hall–Kier alpha value is -0.860. The fraction of sp³-hybridized carbons (Fsp3) is 0.778. The Balaban J connectivity index is 3.26. The predicted molar refractivity (Wildman–Crippen MR) is 45.5 cm³/mol. The van der Waals surface area contributed by atoms with Crippen LogP contribution in [0, 0.1) is 0 Å². The van der Waals surface area contributed by atoms with Gasteiger partial charge < -0.3 is 4.74 Å². The largest absolute Gasteiger partial charge is 0.393 e. The van der Waals surface area contributed by atoms with Crippen LogP contribution in [0.4, 0.5) is 0 Å². The van der Waals surface area contributed by atoms with Gasteiger partial charge >= 0.3 is 11.9 Å². The average Bonchev–Trinajstić information content (AvgIpc) is 1.97. The number of ether oxygens (including phenoxy) is 1. The van der Waals surface area contributed by atoms with E-state index in [1.54, 1.807) is 0 Å². The van der Waals surface area contributed by atoms with Gasteiger partial charge in [-0.15, -0.1) is 0 Å². The minimum absolute atomic E-state index is 0.361. The number of esters is 2. The molecule has 0 aromatic carbocycles. The number of hydrogen-bond acceptors (Lipinski definition) is 3. The van der Waals surface area contributed by atoms with Gasteiger partial charge in [-0.25, -0.2) is 0 Å². The number of carbonyl (C=O) groups excluding carboxylic acids is 2. The van der Waals surface area contributed by atoms with Crippen molar-refractivity contribution in [3.05, 3.63) is 0 Å². The second-order valence-electron chi connectivity index (χ2n) is 2.78. The summed E-state index contributed by atoms with van der Waals surface area (Å²) in [5, 5.41) is 0. The van der Waals surface area contributed by atoms with Gasteiger partial charge in [-0.05, 0) is 6.42 Å². The Kier molecular flexibility index (Phi) is 6.34. The predicted octanol–water partition coefficient (Wildman–Crippen LogP) is 2.05. The van der Waals surface area contributed by atoms with E-state index < -0.39 is 11.9 Å². The van der Waals surface area contributed by atoms with Gasteiger partial charge in [0.1, 0.15) is 0 Å². The SMILES string of the molecule is CCCCCCC(=O)OC(C)=O. The molecule has 3 nitrogen and oxygen atoms in total. The second-order valence-corrected chi connectivity index (χ2v) is 2.78. The van der Waals surface area contributed by atoms with E-state index in [4.69, 9.17) is 0 Å². The zero-order chi connectivity index (χ0) is 9.40. The first-order valence-electron chi connectivity index (χ1n) is 4.38. The van der Waals surface area contributed by atoms with Gasteiger partial charge in [-0.1, -0.05) is 26.2 Å². The lowest BCUT2D eigenvalue weighted by molar-refractivity contribution is -0.158. The first-order valence-corrected chi connectivity index (χ1v) is 4.38. The lowest BCUT2D eigenvalue weighted by Gasteiger charge is -1.98. The van der Waals surface area contributed by atoms with E-state index in [9.17, 15) is 9.59 Å². The van der Waals surface area contributed by atoms with Crippen molar-refractivity contribution in [2.75, 3.05) is 0 Å². The highest BCUT2D eigenvalue weighted by Gasteiger charge is 2.04. The molecule has 0 atom stereocenters. The topological polar surface area (TPSA) is 43.4 Å². The van der Waals surface area contributed by atoms with E-state index in [2.05, 4.69) is 11.7 Å². The van der Waals surface area contributed by atoms with Crippen LogP contribution in [0.1, 0.15) is 46.0 Å². The molecule has 0 aliphatic heterocycles. The molecular weight excluding hydrogens is 156 g/mol. The summed E-state index contributed by atoms with van der Waals surface area (Å²) in [6.45, 7) is 3.35. The molecule has 0 aliphatic rings. The van der Waals surface area contributed by atoms with Crippen LogP contribution in [0.5, 0.6) is 0 Å². The summed E-state index contributed by atoms with van der Waals surface area (Å²) < 4.78 is 4.35. The van der Waals surface area contributed by atoms with Crippen LogP contribution in [-0.2, 0) is 14.3 Å². The molecule has 0 aliphatic carbocycles. The van der Waals surface area contributed by atoms with Gasteiger partial charge in [0, 0.05) is 13.3 Å². The van der Waals surface area contributed by atoms with Crippen LogP contribution in [0.15, 0.2) is 0 Å². The molecule has 0 heterocycles. The van der Waals surface area contributed by atoms with Crippen molar-refractivity contribution in [1.29, 1.82) is 0 Å². The fourth-order valence-electron chi connectivity index (χ4n) is 0.907. The van der Waals surface area contributed by atoms with Crippen molar-refractivity contribution < 1.29 is 14.3 Å². The van der Waals surface area contributed by atoms with Gasteiger partial charge in [0.05, 0.1) is 0 Å². The van der Waals surface area contributed by atoms with Crippen LogP contribution in [-0.4, -0.2) is 11.9 Å². The van der Waals surface area contributed by atoms with Crippen molar-refractivity contribution in [3.63, 3.8) is 0 Å². The van der Waals surface area contributed by atoms with Crippen molar-refractivity contribution in [2.45, 2.75) is 46.0 Å². The molecule has 0 saturated carbocycles. The highest BCUT2D eigenvalue weighted by molar-refractivity contribution is 5.83. The van der Waals surface area contributed by atoms with Crippen LogP contribution in [0.25, 0.3) is 0 Å². The van der Waals surface area contributed by atoms with Gasteiger partial charge in [0.2, 0.25) is 0 Å². The third-order valence-electron chi connectivity index (χ3n) is 1.49. The molecule has 3 heteroatoms. The summed E-state index contributed by atoms with van der Waals surface area (Å²) in [7, 11) is 0. The van der Waals surface area contributed by atoms with Crippen molar-refractivity contribution in [1.82, 2.24) is 0 Å². The summed E-state index contributed by atoms with van der Waals surface area (Å²) in [5.74, 6) is -0.922. The maximum atomic E-state index is 10.8. The first kappa shape index (κ1) is 11.1. The van der Waals surface area contributed by atoms with Gasteiger partial charge in [-0.2, -0.15) is 0 Å². The highest BCUT2D eigenvalue weighted by atomic mass is 16.6. The molecule has 0 N–H and O–H groups in total. The van der Waals surface area contributed by atoms with Crippen LogP contribution >= 0.6 is 0 Å². The summed E-state index contributed by atoms with van der Waals surface area (Å²) in [6.07, 6.45) is 4.48. The van der Waals surface area contributed by atoms with E-state index in [1.807, 2.05) is 0 Å². The molecule has 12 heavy (non-hydrogen) atoms. The molecule has 0 rings (SSSR count). The van der Waals surface area contributed by atoms with Crippen molar-refractivity contribution in [3.8, 4) is 0 Å². The van der Waals surface area contributed by atoms with Crippen LogP contribution < -0.4 is 0 Å². The molecule has 0 amide bonds. The van der Waals surface area contributed by atoms with Gasteiger partial charge in [-0.3, -0.25) is 9.59 Å². The standard InChI is InChI=1S/C9H16O3/c1-3-4-5-6-7-9(11)12-8(2)10/h3-7H2,1-2H3. The molecule has 0 unspecified atom stereocenters. The second kappa shape index (κ2) is 6.83. The fourth-order valence-corrected chi connectivity index (χ4v) is 0.907. The van der Waals surface area contributed by atoms with Crippen LogP contribution in [0.2, 0.25) is 0 Å². The maximum absolute atomic E-state index is 10.8. The lowest BCUT2D eigenvalue weighted by atomic mass is 10.2. The normalized spacial score (nSPS) is 9.50. The zero-order valence-electron chi connectivity index (χ0n) is 7.76. The molecule has 0 bridgehead atoms. The molecule has 0 fully saturated rings. The van der Waals surface area contributed by atoms with E-state index >= 15 is 0 Å². The molecule has 0 aromatic heterocycles. The molecule has 0 aromatic rings.